The van der Waals surface area contributed by atoms with Crippen LogP contribution in [0.4, 0.5) is 0 Å². The molecule has 0 fully saturated rings. The first-order valence-electron chi connectivity index (χ1n) is 6.92. The van der Waals surface area contributed by atoms with Gasteiger partial charge in [0.25, 0.3) is 5.91 Å². The second-order valence-corrected chi connectivity index (χ2v) is 5.18. The molecule has 0 saturated carbocycles. The van der Waals surface area contributed by atoms with Gasteiger partial charge in [-0.2, -0.15) is 0 Å². The first-order chi connectivity index (χ1) is 10.6. The number of benzene rings is 2. The van der Waals surface area contributed by atoms with Gasteiger partial charge >= 0.3 is 0 Å². The first kappa shape index (κ1) is 16.2. The van der Waals surface area contributed by atoms with E-state index in [9.17, 15) is 4.79 Å². The fraction of sp³-hybridized carbons (Fsp3) is 0.235. The van der Waals surface area contributed by atoms with Gasteiger partial charge in [-0.1, -0.05) is 29.8 Å². The molecule has 0 aliphatic carbocycles. The van der Waals surface area contributed by atoms with Crippen molar-refractivity contribution in [2.75, 3.05) is 7.11 Å². The van der Waals surface area contributed by atoms with Crippen molar-refractivity contribution in [3.8, 4) is 11.5 Å². The smallest absolute Gasteiger partial charge is 0.261 e. The van der Waals surface area contributed by atoms with E-state index in [-0.39, 0.29) is 5.91 Å². The standard InChI is InChI=1S/C17H18ClNO3/c1-12(22-15-9-7-14(18)8-10-15)17(20)19-11-13-5-3-4-6-16(13)21-2/h3-10,12H,11H2,1-2H3,(H,19,20)/t12-/m1/s1. The number of hydrogen-bond acceptors (Lipinski definition) is 3. The molecular weight excluding hydrogens is 302 g/mol. The summed E-state index contributed by atoms with van der Waals surface area (Å²) >= 11 is 5.81. The van der Waals surface area contributed by atoms with Crippen molar-refractivity contribution in [2.45, 2.75) is 19.6 Å². The Morgan fingerprint density at radius 1 is 1.18 bits per heavy atom. The predicted molar refractivity (Wildman–Crippen MR) is 86.4 cm³/mol. The van der Waals surface area contributed by atoms with Gasteiger partial charge in [0.05, 0.1) is 7.11 Å². The number of carbonyl (C=O) groups is 1. The molecule has 22 heavy (non-hydrogen) atoms. The van der Waals surface area contributed by atoms with E-state index in [1.54, 1.807) is 38.3 Å². The summed E-state index contributed by atoms with van der Waals surface area (Å²) in [6.07, 6.45) is -0.601. The quantitative estimate of drug-likeness (QED) is 0.887. The summed E-state index contributed by atoms with van der Waals surface area (Å²) in [5.74, 6) is 1.15. The second-order valence-electron chi connectivity index (χ2n) is 4.74. The Hall–Kier alpha value is -2.20. The number of methoxy groups -OCH3 is 1. The van der Waals surface area contributed by atoms with E-state index in [2.05, 4.69) is 5.32 Å². The van der Waals surface area contributed by atoms with Gasteiger partial charge in [-0.25, -0.2) is 0 Å². The highest BCUT2D eigenvalue weighted by molar-refractivity contribution is 6.30. The number of ether oxygens (including phenoxy) is 2. The Bertz CT molecular complexity index is 628. The van der Waals surface area contributed by atoms with Gasteiger partial charge in [0, 0.05) is 17.1 Å². The average Bonchev–Trinajstić information content (AvgIpc) is 2.54. The minimum atomic E-state index is -0.601. The zero-order chi connectivity index (χ0) is 15.9. The second kappa shape index (κ2) is 7.71. The molecule has 1 atom stereocenters. The van der Waals surface area contributed by atoms with E-state index >= 15 is 0 Å². The number of hydrogen-bond donors (Lipinski definition) is 1. The number of nitrogens with one attached hydrogen (secondary N) is 1. The first-order valence-corrected chi connectivity index (χ1v) is 7.30. The highest BCUT2D eigenvalue weighted by Gasteiger charge is 2.15. The molecule has 0 heterocycles. The van der Waals surface area contributed by atoms with E-state index < -0.39 is 6.10 Å². The molecule has 2 rings (SSSR count). The third kappa shape index (κ3) is 4.40. The van der Waals surface area contributed by atoms with Crippen molar-refractivity contribution in [1.29, 1.82) is 0 Å². The maximum absolute atomic E-state index is 12.1. The number of para-hydroxylation sites is 1. The summed E-state index contributed by atoms with van der Waals surface area (Å²) < 4.78 is 10.8. The van der Waals surface area contributed by atoms with E-state index in [4.69, 9.17) is 21.1 Å². The largest absolute Gasteiger partial charge is 0.496 e. The third-order valence-corrected chi connectivity index (χ3v) is 3.39. The summed E-state index contributed by atoms with van der Waals surface area (Å²) in [4.78, 5) is 12.1. The molecule has 0 bridgehead atoms. The highest BCUT2D eigenvalue weighted by Crippen LogP contribution is 2.18. The maximum Gasteiger partial charge on any atom is 0.261 e. The zero-order valence-electron chi connectivity index (χ0n) is 12.5. The molecule has 4 nitrogen and oxygen atoms in total. The van der Waals surface area contributed by atoms with E-state index in [1.165, 1.54) is 0 Å². The topological polar surface area (TPSA) is 47.6 Å². The van der Waals surface area contributed by atoms with Gasteiger partial charge < -0.3 is 14.8 Å². The van der Waals surface area contributed by atoms with Gasteiger partial charge in [0.2, 0.25) is 0 Å². The molecule has 0 aliphatic rings. The minimum absolute atomic E-state index is 0.194. The van der Waals surface area contributed by atoms with Crippen LogP contribution in [0.5, 0.6) is 11.5 Å². The molecule has 5 heteroatoms. The molecular formula is C17H18ClNO3. The lowest BCUT2D eigenvalue weighted by atomic mass is 10.2. The van der Waals surface area contributed by atoms with Crippen molar-refractivity contribution in [1.82, 2.24) is 5.32 Å². The van der Waals surface area contributed by atoms with Crippen molar-refractivity contribution < 1.29 is 14.3 Å². The van der Waals surface area contributed by atoms with E-state index in [0.29, 0.717) is 17.3 Å². The molecule has 0 aliphatic heterocycles. The fourth-order valence-electron chi connectivity index (χ4n) is 1.95. The summed E-state index contributed by atoms with van der Waals surface area (Å²) in [5.41, 5.74) is 0.914. The van der Waals surface area contributed by atoms with Crippen LogP contribution in [0.2, 0.25) is 5.02 Å². The molecule has 116 valence electrons. The van der Waals surface area contributed by atoms with Crippen LogP contribution in [0.3, 0.4) is 0 Å². The van der Waals surface area contributed by atoms with E-state index in [0.717, 1.165) is 11.3 Å². The van der Waals surface area contributed by atoms with E-state index in [1.807, 2.05) is 24.3 Å². The summed E-state index contributed by atoms with van der Waals surface area (Å²) in [5, 5.41) is 3.46. The number of amides is 1. The van der Waals surface area contributed by atoms with Crippen molar-refractivity contribution in [3.63, 3.8) is 0 Å². The lowest BCUT2D eigenvalue weighted by Gasteiger charge is -2.15. The molecule has 0 spiro atoms. The Labute approximate surface area is 135 Å². The summed E-state index contributed by atoms with van der Waals surface area (Å²) in [7, 11) is 1.60. The molecule has 0 aromatic heterocycles. The Morgan fingerprint density at radius 3 is 2.55 bits per heavy atom. The lowest BCUT2D eigenvalue weighted by Crippen LogP contribution is -2.35. The Balaban J connectivity index is 1.90. The predicted octanol–water partition coefficient (Wildman–Crippen LogP) is 3.43. The summed E-state index contributed by atoms with van der Waals surface area (Å²) in [6.45, 7) is 2.09. The minimum Gasteiger partial charge on any atom is -0.496 e. The van der Waals surface area contributed by atoms with Crippen LogP contribution in [0.25, 0.3) is 0 Å². The molecule has 1 N–H and O–H groups in total. The molecule has 2 aromatic rings. The number of halogens is 1. The molecule has 0 unspecified atom stereocenters. The van der Waals surface area contributed by atoms with Crippen molar-refractivity contribution >= 4 is 17.5 Å². The van der Waals surface area contributed by atoms with Crippen LogP contribution < -0.4 is 14.8 Å². The third-order valence-electron chi connectivity index (χ3n) is 3.14. The van der Waals surface area contributed by atoms with Gasteiger partial charge in [-0.05, 0) is 37.3 Å². The van der Waals surface area contributed by atoms with Crippen LogP contribution in [0.15, 0.2) is 48.5 Å². The van der Waals surface area contributed by atoms with Gasteiger partial charge in [0.1, 0.15) is 11.5 Å². The van der Waals surface area contributed by atoms with Crippen LogP contribution in [-0.4, -0.2) is 19.1 Å². The van der Waals surface area contributed by atoms with Crippen LogP contribution in [-0.2, 0) is 11.3 Å². The fourth-order valence-corrected chi connectivity index (χ4v) is 2.07. The zero-order valence-corrected chi connectivity index (χ0v) is 13.3. The van der Waals surface area contributed by atoms with Gasteiger partial charge in [-0.15, -0.1) is 0 Å². The van der Waals surface area contributed by atoms with Gasteiger partial charge in [-0.3, -0.25) is 4.79 Å². The SMILES string of the molecule is COc1ccccc1CNC(=O)[C@@H](C)Oc1ccc(Cl)cc1. The van der Waals surface area contributed by atoms with Gasteiger partial charge in [0.15, 0.2) is 6.10 Å². The number of carbonyl (C=O) groups excluding carboxylic acids is 1. The molecule has 0 radical (unpaired) electrons. The van der Waals surface area contributed by atoms with Crippen molar-refractivity contribution in [3.05, 3.63) is 59.1 Å². The highest BCUT2D eigenvalue weighted by atomic mass is 35.5. The average molecular weight is 320 g/mol. The number of rotatable bonds is 6. The Kier molecular flexibility index (Phi) is 5.67. The van der Waals surface area contributed by atoms with Crippen LogP contribution in [0, 0.1) is 0 Å². The maximum atomic E-state index is 12.1. The summed E-state index contributed by atoms with van der Waals surface area (Å²) in [6, 6.07) is 14.4. The van der Waals surface area contributed by atoms with Crippen LogP contribution >= 0.6 is 11.6 Å². The monoisotopic (exact) mass is 319 g/mol. The molecule has 2 aromatic carbocycles. The van der Waals surface area contributed by atoms with Crippen molar-refractivity contribution in [2.24, 2.45) is 0 Å². The molecule has 0 saturated heterocycles. The van der Waals surface area contributed by atoms with Crippen LogP contribution in [0.1, 0.15) is 12.5 Å². The lowest BCUT2D eigenvalue weighted by molar-refractivity contribution is -0.127. The Morgan fingerprint density at radius 2 is 1.86 bits per heavy atom. The normalized spacial score (nSPS) is 11.6. The molecule has 1 amide bonds.